The van der Waals surface area contributed by atoms with E-state index in [0.717, 1.165) is 5.69 Å². The van der Waals surface area contributed by atoms with Gasteiger partial charge < -0.3 is 5.32 Å². The lowest BCUT2D eigenvalue weighted by molar-refractivity contribution is -0.110. The second-order valence-corrected chi connectivity index (χ2v) is 2.84. The maximum absolute atomic E-state index is 10.1. The van der Waals surface area contributed by atoms with E-state index in [1.165, 1.54) is 0 Å². The highest BCUT2D eigenvalue weighted by atomic mass is 35.5. The van der Waals surface area contributed by atoms with E-state index in [2.05, 4.69) is 10.3 Å². The molecule has 12 heavy (non-hydrogen) atoms. The number of aromatic nitrogens is 1. The first-order chi connectivity index (χ1) is 5.74. The summed E-state index contributed by atoms with van der Waals surface area (Å²) in [6.45, 7) is 1.85. The molecule has 1 atom stereocenters. The van der Waals surface area contributed by atoms with E-state index in [-0.39, 0.29) is 6.04 Å². The normalized spacial score (nSPS) is 12.2. The van der Waals surface area contributed by atoms with Gasteiger partial charge in [-0.15, -0.1) is 0 Å². The number of pyridine rings is 1. The van der Waals surface area contributed by atoms with Crippen molar-refractivity contribution in [1.82, 2.24) is 10.3 Å². The summed E-state index contributed by atoms with van der Waals surface area (Å²) < 4.78 is 0. The van der Waals surface area contributed by atoms with Gasteiger partial charge in [-0.1, -0.05) is 11.6 Å². The highest BCUT2D eigenvalue weighted by molar-refractivity contribution is 6.30. The van der Waals surface area contributed by atoms with Gasteiger partial charge in [-0.2, -0.15) is 0 Å². The lowest BCUT2D eigenvalue weighted by Gasteiger charge is -2.08. The van der Waals surface area contributed by atoms with E-state index in [1.807, 2.05) is 6.92 Å². The summed E-state index contributed by atoms with van der Waals surface area (Å²) >= 11 is 5.64. The van der Waals surface area contributed by atoms with Crippen LogP contribution in [0, 0.1) is 0 Å². The second kappa shape index (κ2) is 4.07. The Balaban J connectivity index is 2.74. The molecule has 1 rings (SSSR count). The van der Waals surface area contributed by atoms with Crippen molar-refractivity contribution < 1.29 is 4.79 Å². The number of carbonyl (C=O) groups excluding carboxylic acids is 1. The van der Waals surface area contributed by atoms with E-state index in [0.29, 0.717) is 11.4 Å². The Bertz CT molecular complexity index is 260. The summed E-state index contributed by atoms with van der Waals surface area (Å²) in [5.41, 5.74) is 0.798. The third-order valence-electron chi connectivity index (χ3n) is 1.51. The number of nitrogens with one attached hydrogen (secondary N) is 1. The molecular weight excluding hydrogens is 176 g/mol. The minimum atomic E-state index is -0.0697. The zero-order valence-electron chi connectivity index (χ0n) is 6.62. The quantitative estimate of drug-likeness (QED) is 0.725. The fourth-order valence-corrected chi connectivity index (χ4v) is 0.943. The molecule has 0 spiro atoms. The van der Waals surface area contributed by atoms with Crippen LogP contribution in [0.5, 0.6) is 0 Å². The van der Waals surface area contributed by atoms with Crippen molar-refractivity contribution in [3.63, 3.8) is 0 Å². The summed E-state index contributed by atoms with van der Waals surface area (Å²) in [5.74, 6) is 0. The lowest BCUT2D eigenvalue weighted by Crippen LogP contribution is -2.16. The van der Waals surface area contributed by atoms with Crippen molar-refractivity contribution >= 4 is 18.0 Å². The van der Waals surface area contributed by atoms with Crippen LogP contribution in [0.25, 0.3) is 0 Å². The number of carbonyl (C=O) groups is 1. The molecule has 0 aliphatic heterocycles. The molecule has 0 fully saturated rings. The minimum Gasteiger partial charge on any atom is -0.351 e. The molecule has 64 valence electrons. The van der Waals surface area contributed by atoms with Crippen molar-refractivity contribution in [2.75, 3.05) is 0 Å². The van der Waals surface area contributed by atoms with E-state index in [9.17, 15) is 4.79 Å². The van der Waals surface area contributed by atoms with Crippen LogP contribution in [0.15, 0.2) is 18.3 Å². The first kappa shape index (κ1) is 9.00. The van der Waals surface area contributed by atoms with Gasteiger partial charge in [0, 0.05) is 6.20 Å². The molecule has 0 saturated heterocycles. The number of nitrogens with zero attached hydrogens (tertiary/aromatic N) is 1. The molecule has 0 aliphatic carbocycles. The monoisotopic (exact) mass is 184 g/mol. The van der Waals surface area contributed by atoms with Crippen LogP contribution >= 0.6 is 11.6 Å². The van der Waals surface area contributed by atoms with Crippen LogP contribution in [0.2, 0.25) is 5.02 Å². The Hall–Kier alpha value is -1.09. The Morgan fingerprint density at radius 3 is 2.92 bits per heavy atom. The number of rotatable bonds is 3. The predicted molar refractivity (Wildman–Crippen MR) is 46.9 cm³/mol. The first-order valence-electron chi connectivity index (χ1n) is 3.55. The third kappa shape index (κ3) is 2.20. The average molecular weight is 185 g/mol. The van der Waals surface area contributed by atoms with Crippen LogP contribution in [0.3, 0.4) is 0 Å². The summed E-state index contributed by atoms with van der Waals surface area (Å²) in [6, 6.07) is 3.45. The molecule has 1 aromatic rings. The Labute approximate surface area is 75.8 Å². The van der Waals surface area contributed by atoms with Crippen LogP contribution in [0.1, 0.15) is 18.7 Å². The van der Waals surface area contributed by atoms with E-state index < -0.39 is 0 Å². The number of hydrogen-bond acceptors (Lipinski definition) is 2. The second-order valence-electron chi connectivity index (χ2n) is 2.41. The molecule has 0 bridgehead atoms. The summed E-state index contributed by atoms with van der Waals surface area (Å²) in [4.78, 5) is 14.1. The maximum atomic E-state index is 10.1. The molecule has 3 nitrogen and oxygen atoms in total. The fraction of sp³-hybridized carbons (Fsp3) is 0.250. The highest BCUT2D eigenvalue weighted by Crippen LogP contribution is 2.11. The molecule has 1 amide bonds. The van der Waals surface area contributed by atoms with Gasteiger partial charge in [0.15, 0.2) is 0 Å². The van der Waals surface area contributed by atoms with Gasteiger partial charge in [0.05, 0.1) is 16.8 Å². The van der Waals surface area contributed by atoms with Gasteiger partial charge in [-0.05, 0) is 19.1 Å². The Kier molecular flexibility index (Phi) is 3.05. The SMILES string of the molecule is CC(NC=O)c1ccc(Cl)cn1. The van der Waals surface area contributed by atoms with Crippen molar-refractivity contribution in [2.45, 2.75) is 13.0 Å². The Morgan fingerprint density at radius 2 is 2.42 bits per heavy atom. The van der Waals surface area contributed by atoms with Gasteiger partial charge in [-0.25, -0.2) is 0 Å². The average Bonchev–Trinajstić information content (AvgIpc) is 2.06. The molecule has 1 aromatic heterocycles. The zero-order valence-corrected chi connectivity index (χ0v) is 7.38. The molecule has 1 N–H and O–H groups in total. The van der Waals surface area contributed by atoms with Gasteiger partial charge >= 0.3 is 0 Å². The molecule has 1 heterocycles. The molecule has 1 unspecified atom stereocenters. The summed E-state index contributed by atoms with van der Waals surface area (Å²) in [6.07, 6.45) is 2.21. The van der Waals surface area contributed by atoms with Crippen molar-refractivity contribution in [3.05, 3.63) is 29.0 Å². The maximum Gasteiger partial charge on any atom is 0.207 e. The fourth-order valence-electron chi connectivity index (χ4n) is 0.831. The minimum absolute atomic E-state index is 0.0697. The van der Waals surface area contributed by atoms with E-state index in [1.54, 1.807) is 18.3 Å². The Morgan fingerprint density at radius 1 is 1.67 bits per heavy atom. The molecule has 0 radical (unpaired) electrons. The third-order valence-corrected chi connectivity index (χ3v) is 1.74. The summed E-state index contributed by atoms with van der Waals surface area (Å²) in [7, 11) is 0. The van der Waals surface area contributed by atoms with Gasteiger partial charge in [-0.3, -0.25) is 9.78 Å². The smallest absolute Gasteiger partial charge is 0.207 e. The van der Waals surface area contributed by atoms with Crippen LogP contribution in [-0.2, 0) is 4.79 Å². The highest BCUT2D eigenvalue weighted by Gasteiger charge is 2.03. The van der Waals surface area contributed by atoms with Gasteiger partial charge in [0.2, 0.25) is 6.41 Å². The lowest BCUT2D eigenvalue weighted by atomic mass is 10.2. The molecule has 0 aliphatic rings. The van der Waals surface area contributed by atoms with Crippen LogP contribution in [-0.4, -0.2) is 11.4 Å². The molecular formula is C8H9ClN2O. The van der Waals surface area contributed by atoms with Crippen molar-refractivity contribution in [3.8, 4) is 0 Å². The zero-order chi connectivity index (χ0) is 8.97. The standard InChI is InChI=1S/C8H9ClN2O/c1-6(11-5-12)8-3-2-7(9)4-10-8/h2-6H,1H3,(H,11,12). The topological polar surface area (TPSA) is 42.0 Å². The largest absolute Gasteiger partial charge is 0.351 e. The number of amides is 1. The van der Waals surface area contributed by atoms with Gasteiger partial charge in [0.25, 0.3) is 0 Å². The van der Waals surface area contributed by atoms with E-state index >= 15 is 0 Å². The number of halogens is 1. The van der Waals surface area contributed by atoms with E-state index in [4.69, 9.17) is 11.6 Å². The molecule has 4 heteroatoms. The first-order valence-corrected chi connectivity index (χ1v) is 3.93. The number of hydrogen-bond donors (Lipinski definition) is 1. The van der Waals surface area contributed by atoms with Crippen molar-refractivity contribution in [1.29, 1.82) is 0 Å². The molecule has 0 aromatic carbocycles. The molecule has 0 saturated carbocycles. The summed E-state index contributed by atoms with van der Waals surface area (Å²) in [5, 5.41) is 3.19. The van der Waals surface area contributed by atoms with Gasteiger partial charge in [0.1, 0.15) is 0 Å². The van der Waals surface area contributed by atoms with Crippen LogP contribution in [0.4, 0.5) is 0 Å². The predicted octanol–water partition coefficient (Wildman–Crippen LogP) is 1.54. The van der Waals surface area contributed by atoms with Crippen molar-refractivity contribution in [2.24, 2.45) is 0 Å². The van der Waals surface area contributed by atoms with Crippen LogP contribution < -0.4 is 5.32 Å².